The summed E-state index contributed by atoms with van der Waals surface area (Å²) in [4.78, 5) is 16.3. The van der Waals surface area contributed by atoms with E-state index in [0.29, 0.717) is 11.1 Å². The lowest BCUT2D eigenvalue weighted by Crippen LogP contribution is -2.47. The first-order chi connectivity index (χ1) is 9.11. The molecule has 1 saturated heterocycles. The molecule has 3 N–H and O–H groups in total. The van der Waals surface area contributed by atoms with Gasteiger partial charge in [0.1, 0.15) is 0 Å². The number of rotatable bonds is 2. The number of likely N-dealkylation sites (N-methyl/N-ethyl adjacent to an activating group) is 1. The molecule has 1 heterocycles. The molecule has 19 heavy (non-hydrogen) atoms. The van der Waals surface area contributed by atoms with Crippen LogP contribution >= 0.6 is 0 Å². The number of benzene rings is 1. The Bertz CT molecular complexity index is 476. The lowest BCUT2D eigenvalue weighted by Gasteiger charge is -2.32. The highest BCUT2D eigenvalue weighted by atomic mass is 16.4. The van der Waals surface area contributed by atoms with Crippen LogP contribution in [-0.2, 0) is 0 Å². The molecule has 2 rings (SSSR count). The fourth-order valence-corrected chi connectivity index (χ4v) is 2.03. The topological polar surface area (TPSA) is 82.2 Å². The van der Waals surface area contributed by atoms with Gasteiger partial charge in [-0.1, -0.05) is 17.3 Å². The number of piperazine rings is 1. The molecule has 0 saturated carbocycles. The van der Waals surface area contributed by atoms with Crippen molar-refractivity contribution in [1.82, 2.24) is 9.80 Å². The minimum Gasteiger partial charge on any atom is -0.409 e. The quantitative estimate of drug-likeness (QED) is 0.344. The molecule has 1 aromatic carbocycles. The fourth-order valence-electron chi connectivity index (χ4n) is 2.03. The van der Waals surface area contributed by atoms with Gasteiger partial charge in [-0.25, -0.2) is 0 Å². The van der Waals surface area contributed by atoms with Gasteiger partial charge in [0.05, 0.1) is 0 Å². The second-order valence-electron chi connectivity index (χ2n) is 4.66. The predicted octanol–water partition coefficient (Wildman–Crippen LogP) is 0.169. The van der Waals surface area contributed by atoms with E-state index in [4.69, 9.17) is 10.9 Å². The summed E-state index contributed by atoms with van der Waals surface area (Å²) in [6.45, 7) is 3.29. The Morgan fingerprint density at radius 3 is 2.21 bits per heavy atom. The molecule has 0 spiro atoms. The van der Waals surface area contributed by atoms with Gasteiger partial charge in [-0.05, 0) is 19.2 Å². The maximum atomic E-state index is 12.3. The fraction of sp³-hybridized carbons (Fsp3) is 0.385. The van der Waals surface area contributed by atoms with Crippen LogP contribution in [0.4, 0.5) is 0 Å². The second-order valence-corrected chi connectivity index (χ2v) is 4.66. The van der Waals surface area contributed by atoms with Gasteiger partial charge in [0, 0.05) is 37.3 Å². The summed E-state index contributed by atoms with van der Waals surface area (Å²) in [7, 11) is 2.05. The highest BCUT2D eigenvalue weighted by Crippen LogP contribution is 2.10. The van der Waals surface area contributed by atoms with Crippen molar-refractivity contribution < 1.29 is 10.0 Å². The van der Waals surface area contributed by atoms with E-state index in [1.165, 1.54) is 0 Å². The summed E-state index contributed by atoms with van der Waals surface area (Å²) in [6, 6.07) is 6.76. The Balaban J connectivity index is 2.07. The predicted molar refractivity (Wildman–Crippen MR) is 72.4 cm³/mol. The van der Waals surface area contributed by atoms with Crippen LogP contribution in [0.3, 0.4) is 0 Å². The molecule has 1 amide bonds. The van der Waals surface area contributed by atoms with Crippen LogP contribution in [0.2, 0.25) is 0 Å². The van der Waals surface area contributed by atoms with Crippen LogP contribution in [0.1, 0.15) is 15.9 Å². The maximum absolute atomic E-state index is 12.3. The van der Waals surface area contributed by atoms with Gasteiger partial charge in [0.15, 0.2) is 5.84 Å². The standard InChI is InChI=1S/C13H18N4O2/c1-16-6-8-17(9-7-16)13(18)11-4-2-10(3-5-11)12(14)15-19/h2-5,19H,6-9H2,1H3,(H2,14,15). The molecule has 0 unspecified atom stereocenters. The third kappa shape index (κ3) is 3.03. The van der Waals surface area contributed by atoms with E-state index in [2.05, 4.69) is 10.1 Å². The summed E-state index contributed by atoms with van der Waals surface area (Å²) in [5.74, 6) is 0.0674. The number of hydrogen-bond acceptors (Lipinski definition) is 4. The van der Waals surface area contributed by atoms with Crippen molar-refractivity contribution in [2.45, 2.75) is 0 Å². The molecule has 0 bridgehead atoms. The molecule has 1 fully saturated rings. The lowest BCUT2D eigenvalue weighted by atomic mass is 10.1. The zero-order valence-electron chi connectivity index (χ0n) is 10.9. The number of amidine groups is 1. The van der Waals surface area contributed by atoms with Crippen LogP contribution in [0.15, 0.2) is 29.4 Å². The summed E-state index contributed by atoms with van der Waals surface area (Å²) in [6.07, 6.45) is 0. The average molecular weight is 262 g/mol. The van der Waals surface area contributed by atoms with Crippen molar-refractivity contribution in [3.8, 4) is 0 Å². The van der Waals surface area contributed by atoms with Crippen molar-refractivity contribution in [2.75, 3.05) is 33.2 Å². The van der Waals surface area contributed by atoms with E-state index in [0.717, 1.165) is 26.2 Å². The van der Waals surface area contributed by atoms with Crippen LogP contribution in [0.5, 0.6) is 0 Å². The molecule has 1 aromatic rings. The van der Waals surface area contributed by atoms with Crippen LogP contribution in [0, 0.1) is 0 Å². The van der Waals surface area contributed by atoms with Crippen molar-refractivity contribution in [2.24, 2.45) is 10.9 Å². The first-order valence-electron chi connectivity index (χ1n) is 6.17. The SMILES string of the molecule is CN1CCN(C(=O)c2ccc(/C(N)=N/O)cc2)CC1. The summed E-state index contributed by atoms with van der Waals surface area (Å²) in [5, 5.41) is 11.5. The summed E-state index contributed by atoms with van der Waals surface area (Å²) < 4.78 is 0. The van der Waals surface area contributed by atoms with Gasteiger partial charge < -0.3 is 20.7 Å². The van der Waals surface area contributed by atoms with Crippen molar-refractivity contribution in [3.05, 3.63) is 35.4 Å². The van der Waals surface area contributed by atoms with E-state index < -0.39 is 0 Å². The Labute approximate surface area is 112 Å². The molecule has 0 radical (unpaired) electrons. The normalized spacial score (nSPS) is 17.5. The smallest absolute Gasteiger partial charge is 0.253 e. The molecule has 0 aliphatic carbocycles. The van der Waals surface area contributed by atoms with Crippen LogP contribution in [0.25, 0.3) is 0 Å². The molecule has 102 valence electrons. The number of amides is 1. The zero-order valence-corrected chi connectivity index (χ0v) is 10.9. The Morgan fingerprint density at radius 2 is 1.68 bits per heavy atom. The minimum absolute atomic E-state index is 0.0270. The number of carbonyl (C=O) groups is 1. The van der Waals surface area contributed by atoms with Gasteiger partial charge in [0.25, 0.3) is 5.91 Å². The van der Waals surface area contributed by atoms with Gasteiger partial charge in [0.2, 0.25) is 0 Å². The van der Waals surface area contributed by atoms with Gasteiger partial charge in [-0.2, -0.15) is 0 Å². The molecule has 1 aliphatic rings. The molecule has 1 aliphatic heterocycles. The molecule has 0 atom stereocenters. The van der Waals surface area contributed by atoms with E-state index in [-0.39, 0.29) is 11.7 Å². The molecular formula is C13H18N4O2. The molecule has 6 nitrogen and oxygen atoms in total. The monoisotopic (exact) mass is 262 g/mol. The Kier molecular flexibility index (Phi) is 4.01. The third-order valence-electron chi connectivity index (χ3n) is 3.33. The van der Waals surface area contributed by atoms with E-state index >= 15 is 0 Å². The molecule has 0 aromatic heterocycles. The number of nitrogens with two attached hydrogens (primary N) is 1. The van der Waals surface area contributed by atoms with Crippen LogP contribution < -0.4 is 5.73 Å². The van der Waals surface area contributed by atoms with Crippen molar-refractivity contribution in [1.29, 1.82) is 0 Å². The Hall–Kier alpha value is -2.08. The second kappa shape index (κ2) is 5.71. The van der Waals surface area contributed by atoms with Gasteiger partial charge in [-0.15, -0.1) is 0 Å². The average Bonchev–Trinajstić information content (AvgIpc) is 2.46. The minimum atomic E-state index is 0.0270. The largest absolute Gasteiger partial charge is 0.409 e. The molecular weight excluding hydrogens is 244 g/mol. The lowest BCUT2D eigenvalue weighted by molar-refractivity contribution is 0.0664. The van der Waals surface area contributed by atoms with Gasteiger partial charge in [-0.3, -0.25) is 4.79 Å². The first kappa shape index (κ1) is 13.4. The summed E-state index contributed by atoms with van der Waals surface area (Å²) >= 11 is 0. The maximum Gasteiger partial charge on any atom is 0.253 e. The van der Waals surface area contributed by atoms with Gasteiger partial charge >= 0.3 is 0 Å². The highest BCUT2D eigenvalue weighted by molar-refractivity contribution is 5.99. The summed E-state index contributed by atoms with van der Waals surface area (Å²) in [5.41, 5.74) is 6.70. The number of carbonyl (C=O) groups excluding carboxylic acids is 1. The van der Waals surface area contributed by atoms with Crippen LogP contribution in [-0.4, -0.2) is 60.0 Å². The number of oxime groups is 1. The van der Waals surface area contributed by atoms with E-state index in [9.17, 15) is 4.79 Å². The first-order valence-corrected chi connectivity index (χ1v) is 6.17. The zero-order chi connectivity index (χ0) is 13.8. The van der Waals surface area contributed by atoms with E-state index in [1.807, 2.05) is 11.9 Å². The van der Waals surface area contributed by atoms with Crippen molar-refractivity contribution in [3.63, 3.8) is 0 Å². The van der Waals surface area contributed by atoms with Crippen molar-refractivity contribution >= 4 is 11.7 Å². The van der Waals surface area contributed by atoms with E-state index in [1.54, 1.807) is 24.3 Å². The molecule has 6 heteroatoms. The third-order valence-corrected chi connectivity index (χ3v) is 3.33. The highest BCUT2D eigenvalue weighted by Gasteiger charge is 2.20. The number of hydrogen-bond donors (Lipinski definition) is 2. The number of nitrogens with zero attached hydrogens (tertiary/aromatic N) is 3. The Morgan fingerprint density at radius 1 is 1.16 bits per heavy atom.